The highest BCUT2D eigenvalue weighted by Gasteiger charge is 2.45. The summed E-state index contributed by atoms with van der Waals surface area (Å²) in [6.07, 6.45) is 0. The van der Waals surface area contributed by atoms with Crippen molar-refractivity contribution in [3.63, 3.8) is 0 Å². The van der Waals surface area contributed by atoms with Crippen LogP contribution in [-0.2, 0) is 5.41 Å². The molecule has 0 bridgehead atoms. The van der Waals surface area contributed by atoms with Gasteiger partial charge >= 0.3 is 0 Å². The SMILES string of the molecule is c1ccc(C2(c3ccc(-c4ccc(-c5ccc6ccc7cccc8ccc5c6c78)cc4)cc3)c3ccccc3-c3ccccc32)cc1. The Morgan fingerprint density at radius 1 is 0.277 bits per heavy atom. The molecule has 9 aromatic rings. The van der Waals surface area contributed by atoms with Crippen LogP contribution in [-0.4, -0.2) is 0 Å². The number of fused-ring (bicyclic) bond motifs is 3. The second-order valence-corrected chi connectivity index (χ2v) is 12.8. The Morgan fingerprint density at radius 3 is 1.43 bits per heavy atom. The Hall–Kier alpha value is -5.98. The average Bonchev–Trinajstić information content (AvgIpc) is 3.45. The Morgan fingerprint density at radius 2 is 0.766 bits per heavy atom. The van der Waals surface area contributed by atoms with E-state index in [0.29, 0.717) is 0 Å². The number of hydrogen-bond acceptors (Lipinski definition) is 0. The summed E-state index contributed by atoms with van der Waals surface area (Å²) in [6.45, 7) is 0. The van der Waals surface area contributed by atoms with Crippen LogP contribution in [0.5, 0.6) is 0 Å². The van der Waals surface area contributed by atoms with Crippen molar-refractivity contribution in [3.05, 3.63) is 204 Å². The van der Waals surface area contributed by atoms with E-state index >= 15 is 0 Å². The molecule has 10 rings (SSSR count). The van der Waals surface area contributed by atoms with Gasteiger partial charge < -0.3 is 0 Å². The lowest BCUT2D eigenvalue weighted by Crippen LogP contribution is -2.28. The summed E-state index contributed by atoms with van der Waals surface area (Å²) in [7, 11) is 0. The van der Waals surface area contributed by atoms with Crippen molar-refractivity contribution in [3.8, 4) is 33.4 Å². The molecule has 1 aliphatic carbocycles. The molecule has 0 radical (unpaired) electrons. The lowest BCUT2D eigenvalue weighted by Gasteiger charge is -2.34. The molecule has 47 heavy (non-hydrogen) atoms. The van der Waals surface area contributed by atoms with E-state index in [1.54, 1.807) is 0 Å². The average molecular weight is 595 g/mol. The van der Waals surface area contributed by atoms with Crippen LogP contribution in [0.3, 0.4) is 0 Å². The summed E-state index contributed by atoms with van der Waals surface area (Å²) in [5.41, 5.74) is 12.5. The summed E-state index contributed by atoms with van der Waals surface area (Å²) in [5.74, 6) is 0. The van der Waals surface area contributed by atoms with Crippen molar-refractivity contribution in [1.82, 2.24) is 0 Å². The molecule has 0 spiro atoms. The summed E-state index contributed by atoms with van der Waals surface area (Å²) >= 11 is 0. The van der Waals surface area contributed by atoms with E-state index in [4.69, 9.17) is 0 Å². The molecular weight excluding hydrogens is 565 g/mol. The zero-order valence-electron chi connectivity index (χ0n) is 25.8. The molecule has 0 nitrogen and oxygen atoms in total. The van der Waals surface area contributed by atoms with Crippen molar-refractivity contribution in [2.45, 2.75) is 5.41 Å². The van der Waals surface area contributed by atoms with Crippen molar-refractivity contribution in [1.29, 1.82) is 0 Å². The monoisotopic (exact) mass is 594 g/mol. The van der Waals surface area contributed by atoms with Gasteiger partial charge in [0.25, 0.3) is 0 Å². The maximum absolute atomic E-state index is 2.34. The molecule has 9 aromatic carbocycles. The summed E-state index contributed by atoms with van der Waals surface area (Å²) in [4.78, 5) is 0. The largest absolute Gasteiger partial charge is 0.0713 e. The van der Waals surface area contributed by atoms with Gasteiger partial charge in [0.15, 0.2) is 0 Å². The van der Waals surface area contributed by atoms with Crippen molar-refractivity contribution >= 4 is 32.3 Å². The molecule has 1 aliphatic rings. The first kappa shape index (κ1) is 26.3. The van der Waals surface area contributed by atoms with Crippen molar-refractivity contribution in [2.75, 3.05) is 0 Å². The first-order chi connectivity index (χ1) is 23.3. The minimum Gasteiger partial charge on any atom is -0.0622 e. The standard InChI is InChI=1S/C47H30/c1-2-11-37(12-3-1)47(43-15-6-4-13-40(43)41-14-5-7-16-44(41)47)38-27-23-32(24-28-38)31-17-19-33(20-18-31)39-29-25-36-22-21-34-9-8-10-35-26-30-42(39)46(36)45(34)35/h1-30H. The smallest absolute Gasteiger partial charge is 0.0622 e. The van der Waals surface area contributed by atoms with Crippen LogP contribution in [0.4, 0.5) is 0 Å². The normalized spacial score (nSPS) is 13.3. The first-order valence-corrected chi connectivity index (χ1v) is 16.4. The fourth-order valence-corrected chi connectivity index (χ4v) is 8.45. The fraction of sp³-hybridized carbons (Fsp3) is 0.0213. The van der Waals surface area contributed by atoms with E-state index < -0.39 is 0 Å². The third-order valence-corrected chi connectivity index (χ3v) is 10.5. The zero-order valence-corrected chi connectivity index (χ0v) is 25.8. The molecule has 218 valence electrons. The zero-order chi connectivity index (χ0) is 31.0. The highest BCUT2D eigenvalue weighted by molar-refractivity contribution is 6.25. The van der Waals surface area contributed by atoms with E-state index in [1.165, 1.54) is 88.0 Å². The summed E-state index contributed by atoms with van der Waals surface area (Å²) < 4.78 is 0. The topological polar surface area (TPSA) is 0 Å². The quantitative estimate of drug-likeness (QED) is 0.178. The first-order valence-electron chi connectivity index (χ1n) is 16.4. The minimum absolute atomic E-state index is 0.369. The minimum atomic E-state index is -0.369. The number of benzene rings is 9. The van der Waals surface area contributed by atoms with Crippen LogP contribution in [0.1, 0.15) is 22.3 Å². The maximum atomic E-state index is 2.34. The molecule has 0 heterocycles. The van der Waals surface area contributed by atoms with Crippen molar-refractivity contribution in [2.24, 2.45) is 0 Å². The Balaban J connectivity index is 1.07. The Bertz CT molecular complexity index is 2530. The van der Waals surface area contributed by atoms with Crippen LogP contribution in [0, 0.1) is 0 Å². The van der Waals surface area contributed by atoms with E-state index in [0.717, 1.165) is 0 Å². The molecule has 0 heteroatoms. The van der Waals surface area contributed by atoms with Crippen LogP contribution >= 0.6 is 0 Å². The van der Waals surface area contributed by atoms with Gasteiger partial charge in [-0.15, -0.1) is 0 Å². The second-order valence-electron chi connectivity index (χ2n) is 12.8. The molecule has 0 amide bonds. The molecule has 0 saturated carbocycles. The second kappa shape index (κ2) is 10.0. The lowest BCUT2D eigenvalue weighted by molar-refractivity contribution is 0.768. The van der Waals surface area contributed by atoms with Crippen LogP contribution < -0.4 is 0 Å². The molecule has 0 saturated heterocycles. The van der Waals surface area contributed by atoms with E-state index in [9.17, 15) is 0 Å². The van der Waals surface area contributed by atoms with E-state index in [2.05, 4.69) is 182 Å². The van der Waals surface area contributed by atoms with Gasteiger partial charge in [0.05, 0.1) is 5.41 Å². The molecule has 0 atom stereocenters. The number of rotatable bonds is 4. The van der Waals surface area contributed by atoms with Crippen molar-refractivity contribution < 1.29 is 0 Å². The number of hydrogen-bond donors (Lipinski definition) is 0. The lowest BCUT2D eigenvalue weighted by atomic mass is 9.67. The van der Waals surface area contributed by atoms with Crippen LogP contribution in [0.15, 0.2) is 182 Å². The highest BCUT2D eigenvalue weighted by Crippen LogP contribution is 2.56. The van der Waals surface area contributed by atoms with Crippen LogP contribution in [0.25, 0.3) is 65.7 Å². The summed E-state index contributed by atoms with van der Waals surface area (Å²) in [6, 6.07) is 67.5. The Kier molecular flexibility index (Phi) is 5.59. The van der Waals surface area contributed by atoms with Gasteiger partial charge in [-0.05, 0) is 88.0 Å². The molecule has 0 aliphatic heterocycles. The molecule has 0 aromatic heterocycles. The summed E-state index contributed by atoms with van der Waals surface area (Å²) in [5, 5.41) is 7.94. The van der Waals surface area contributed by atoms with Gasteiger partial charge in [-0.25, -0.2) is 0 Å². The predicted octanol–water partition coefficient (Wildman–Crippen LogP) is 12.3. The molecule has 0 unspecified atom stereocenters. The third kappa shape index (κ3) is 3.70. The van der Waals surface area contributed by atoms with Crippen LogP contribution in [0.2, 0.25) is 0 Å². The molecule has 0 N–H and O–H groups in total. The van der Waals surface area contributed by atoms with Gasteiger partial charge in [0.1, 0.15) is 0 Å². The van der Waals surface area contributed by atoms with Gasteiger partial charge in [0, 0.05) is 0 Å². The van der Waals surface area contributed by atoms with Gasteiger partial charge in [-0.3, -0.25) is 0 Å². The Labute approximate surface area is 274 Å². The molecular formula is C47H30. The highest BCUT2D eigenvalue weighted by atomic mass is 14.5. The third-order valence-electron chi connectivity index (χ3n) is 10.5. The fourth-order valence-electron chi connectivity index (χ4n) is 8.45. The molecule has 0 fully saturated rings. The van der Waals surface area contributed by atoms with Gasteiger partial charge in [0.2, 0.25) is 0 Å². The maximum Gasteiger partial charge on any atom is 0.0713 e. The van der Waals surface area contributed by atoms with Gasteiger partial charge in [-0.1, -0.05) is 182 Å². The van der Waals surface area contributed by atoms with E-state index in [1.807, 2.05) is 0 Å². The van der Waals surface area contributed by atoms with Gasteiger partial charge in [-0.2, -0.15) is 0 Å². The van der Waals surface area contributed by atoms with E-state index in [-0.39, 0.29) is 5.41 Å². The predicted molar refractivity (Wildman–Crippen MR) is 198 cm³/mol.